The number of phenolic OH excluding ortho intramolecular Hbond substituents is 1. The SMILES string of the molecule is O=C(N/N=C\c1ccc[nH]1)c1ccccc1O. The van der Waals surface area contributed by atoms with Crippen molar-refractivity contribution in [1.82, 2.24) is 10.4 Å². The van der Waals surface area contributed by atoms with Gasteiger partial charge in [0.15, 0.2) is 0 Å². The number of hydrogen-bond acceptors (Lipinski definition) is 3. The van der Waals surface area contributed by atoms with E-state index in [0.29, 0.717) is 0 Å². The van der Waals surface area contributed by atoms with E-state index in [4.69, 9.17) is 0 Å². The molecule has 0 aliphatic heterocycles. The fourth-order valence-electron chi connectivity index (χ4n) is 1.31. The van der Waals surface area contributed by atoms with E-state index in [1.54, 1.807) is 18.3 Å². The maximum atomic E-state index is 11.6. The van der Waals surface area contributed by atoms with Gasteiger partial charge in [0.25, 0.3) is 5.91 Å². The summed E-state index contributed by atoms with van der Waals surface area (Å²) in [6.45, 7) is 0. The lowest BCUT2D eigenvalue weighted by Gasteiger charge is -2.01. The second-order valence-electron chi connectivity index (χ2n) is 3.34. The summed E-state index contributed by atoms with van der Waals surface area (Å²) in [5.74, 6) is -0.522. The lowest BCUT2D eigenvalue weighted by Crippen LogP contribution is -2.17. The lowest BCUT2D eigenvalue weighted by atomic mass is 10.2. The Morgan fingerprint density at radius 2 is 2.12 bits per heavy atom. The van der Waals surface area contributed by atoms with Crippen molar-refractivity contribution in [3.63, 3.8) is 0 Å². The molecule has 0 unspecified atom stereocenters. The lowest BCUT2D eigenvalue weighted by molar-refractivity contribution is 0.0952. The zero-order valence-corrected chi connectivity index (χ0v) is 8.92. The number of amides is 1. The predicted molar refractivity (Wildman–Crippen MR) is 64.0 cm³/mol. The Morgan fingerprint density at radius 1 is 1.29 bits per heavy atom. The topological polar surface area (TPSA) is 77.5 Å². The largest absolute Gasteiger partial charge is 0.507 e. The van der Waals surface area contributed by atoms with Gasteiger partial charge in [-0.15, -0.1) is 0 Å². The number of hydrazone groups is 1. The first-order valence-electron chi connectivity index (χ1n) is 5.02. The number of benzene rings is 1. The fourth-order valence-corrected chi connectivity index (χ4v) is 1.31. The van der Waals surface area contributed by atoms with Gasteiger partial charge in [-0.25, -0.2) is 5.43 Å². The number of aromatic amines is 1. The van der Waals surface area contributed by atoms with Crippen molar-refractivity contribution >= 4 is 12.1 Å². The molecule has 5 nitrogen and oxygen atoms in total. The number of carbonyl (C=O) groups is 1. The molecule has 1 heterocycles. The molecule has 0 spiro atoms. The standard InChI is InChI=1S/C12H11N3O2/c16-11-6-2-1-5-10(11)12(17)15-14-8-9-4-3-7-13-9/h1-8,13,16H,(H,15,17)/b14-8-. The van der Waals surface area contributed by atoms with Crippen LogP contribution < -0.4 is 5.43 Å². The van der Waals surface area contributed by atoms with Gasteiger partial charge in [-0.05, 0) is 24.3 Å². The molecule has 1 aromatic heterocycles. The second kappa shape index (κ2) is 4.98. The fraction of sp³-hybridized carbons (Fsp3) is 0. The van der Waals surface area contributed by atoms with E-state index in [1.165, 1.54) is 18.3 Å². The van der Waals surface area contributed by atoms with Crippen LogP contribution in [-0.4, -0.2) is 22.2 Å². The van der Waals surface area contributed by atoms with Gasteiger partial charge in [0.1, 0.15) is 5.75 Å². The highest BCUT2D eigenvalue weighted by atomic mass is 16.3. The zero-order valence-electron chi connectivity index (χ0n) is 8.92. The summed E-state index contributed by atoms with van der Waals surface area (Å²) in [5, 5.41) is 13.2. The molecular weight excluding hydrogens is 218 g/mol. The van der Waals surface area contributed by atoms with E-state index in [0.717, 1.165) is 5.69 Å². The first-order valence-corrected chi connectivity index (χ1v) is 5.02. The molecule has 1 aromatic carbocycles. The summed E-state index contributed by atoms with van der Waals surface area (Å²) in [5.41, 5.74) is 3.30. The number of carbonyl (C=O) groups excluding carboxylic acids is 1. The van der Waals surface area contributed by atoms with Crippen molar-refractivity contribution in [2.24, 2.45) is 5.10 Å². The quantitative estimate of drug-likeness (QED) is 0.550. The number of aromatic hydroxyl groups is 1. The molecule has 0 atom stereocenters. The number of aromatic nitrogens is 1. The van der Waals surface area contributed by atoms with Gasteiger partial charge in [-0.2, -0.15) is 5.10 Å². The summed E-state index contributed by atoms with van der Waals surface area (Å²) in [6, 6.07) is 9.93. The van der Waals surface area contributed by atoms with Crippen molar-refractivity contribution < 1.29 is 9.90 Å². The number of nitrogens with one attached hydrogen (secondary N) is 2. The molecular formula is C12H11N3O2. The minimum absolute atomic E-state index is 0.0694. The molecule has 2 rings (SSSR count). The van der Waals surface area contributed by atoms with Gasteiger partial charge in [-0.1, -0.05) is 12.1 Å². The average Bonchev–Trinajstić information content (AvgIpc) is 2.82. The first-order chi connectivity index (χ1) is 8.27. The summed E-state index contributed by atoms with van der Waals surface area (Å²) in [4.78, 5) is 14.5. The first kappa shape index (κ1) is 10.9. The van der Waals surface area contributed by atoms with Gasteiger partial charge < -0.3 is 10.1 Å². The van der Waals surface area contributed by atoms with Gasteiger partial charge in [0.05, 0.1) is 17.5 Å². The Hall–Kier alpha value is -2.56. The molecule has 0 saturated carbocycles. The Kier molecular flexibility index (Phi) is 3.20. The molecule has 1 amide bonds. The van der Waals surface area contributed by atoms with Crippen LogP contribution in [0.3, 0.4) is 0 Å². The predicted octanol–water partition coefficient (Wildman–Crippen LogP) is 1.48. The highest BCUT2D eigenvalue weighted by Gasteiger charge is 2.08. The van der Waals surface area contributed by atoms with Crippen LogP contribution >= 0.6 is 0 Å². The Balaban J connectivity index is 2.01. The molecule has 5 heteroatoms. The number of hydrogen-bond donors (Lipinski definition) is 3. The number of rotatable bonds is 3. The monoisotopic (exact) mass is 229 g/mol. The summed E-state index contributed by atoms with van der Waals surface area (Å²) in [6.07, 6.45) is 3.24. The summed E-state index contributed by atoms with van der Waals surface area (Å²) >= 11 is 0. The van der Waals surface area contributed by atoms with E-state index < -0.39 is 5.91 Å². The molecule has 17 heavy (non-hydrogen) atoms. The van der Waals surface area contributed by atoms with E-state index in [9.17, 15) is 9.90 Å². The highest BCUT2D eigenvalue weighted by Crippen LogP contribution is 2.14. The molecule has 0 aliphatic carbocycles. The van der Waals surface area contributed by atoms with Crippen molar-refractivity contribution in [2.75, 3.05) is 0 Å². The zero-order chi connectivity index (χ0) is 12.1. The van der Waals surface area contributed by atoms with Gasteiger partial charge in [0, 0.05) is 6.20 Å². The summed E-state index contributed by atoms with van der Waals surface area (Å²) < 4.78 is 0. The molecule has 0 radical (unpaired) electrons. The third-order valence-electron chi connectivity index (χ3n) is 2.14. The van der Waals surface area contributed by atoms with Crippen molar-refractivity contribution in [3.05, 3.63) is 53.9 Å². The molecule has 3 N–H and O–H groups in total. The highest BCUT2D eigenvalue weighted by molar-refractivity contribution is 5.97. The molecule has 0 saturated heterocycles. The average molecular weight is 229 g/mol. The maximum Gasteiger partial charge on any atom is 0.275 e. The van der Waals surface area contributed by atoms with Crippen molar-refractivity contribution in [3.8, 4) is 5.75 Å². The van der Waals surface area contributed by atoms with Crippen LogP contribution in [0.15, 0.2) is 47.7 Å². The van der Waals surface area contributed by atoms with Crippen LogP contribution in [0.5, 0.6) is 5.75 Å². The molecule has 0 fully saturated rings. The molecule has 86 valence electrons. The van der Waals surface area contributed by atoms with Gasteiger partial charge in [-0.3, -0.25) is 4.79 Å². The van der Waals surface area contributed by atoms with Crippen LogP contribution in [0.4, 0.5) is 0 Å². The van der Waals surface area contributed by atoms with Crippen LogP contribution in [-0.2, 0) is 0 Å². The number of para-hydroxylation sites is 1. The minimum atomic E-state index is -0.453. The van der Waals surface area contributed by atoms with Gasteiger partial charge in [0.2, 0.25) is 0 Å². The third kappa shape index (κ3) is 2.72. The minimum Gasteiger partial charge on any atom is -0.507 e. The number of nitrogens with zero attached hydrogens (tertiary/aromatic N) is 1. The van der Waals surface area contributed by atoms with E-state index in [1.807, 2.05) is 12.1 Å². The van der Waals surface area contributed by atoms with Crippen molar-refractivity contribution in [1.29, 1.82) is 0 Å². The second-order valence-corrected chi connectivity index (χ2v) is 3.34. The third-order valence-corrected chi connectivity index (χ3v) is 2.14. The normalized spacial score (nSPS) is 10.6. The van der Waals surface area contributed by atoms with Gasteiger partial charge >= 0.3 is 0 Å². The van der Waals surface area contributed by atoms with E-state index >= 15 is 0 Å². The van der Waals surface area contributed by atoms with Crippen LogP contribution in [0.25, 0.3) is 0 Å². The van der Waals surface area contributed by atoms with Crippen molar-refractivity contribution in [2.45, 2.75) is 0 Å². The van der Waals surface area contributed by atoms with Crippen LogP contribution in [0.2, 0.25) is 0 Å². The van der Waals surface area contributed by atoms with E-state index in [2.05, 4.69) is 15.5 Å². The molecule has 0 bridgehead atoms. The summed E-state index contributed by atoms with van der Waals surface area (Å²) in [7, 11) is 0. The Bertz CT molecular complexity index is 532. The van der Waals surface area contributed by atoms with E-state index in [-0.39, 0.29) is 11.3 Å². The smallest absolute Gasteiger partial charge is 0.275 e. The van der Waals surface area contributed by atoms with Crippen LogP contribution in [0.1, 0.15) is 16.1 Å². The Morgan fingerprint density at radius 3 is 2.82 bits per heavy atom. The Labute approximate surface area is 97.8 Å². The number of H-pyrrole nitrogens is 1. The maximum absolute atomic E-state index is 11.6. The molecule has 0 aliphatic rings. The molecule has 2 aromatic rings. The van der Waals surface area contributed by atoms with Crippen LogP contribution in [0, 0.1) is 0 Å². The number of phenols is 1.